The number of hydrogen-bond acceptors (Lipinski definition) is 5. The highest BCUT2D eigenvalue weighted by molar-refractivity contribution is 6.05. The number of ether oxygens (including phenoxy) is 1. The highest BCUT2D eigenvalue weighted by atomic mass is 16.5. The predicted octanol–water partition coefficient (Wildman–Crippen LogP) is 2.07. The van der Waals surface area contributed by atoms with Gasteiger partial charge in [-0.3, -0.25) is 9.48 Å². The molecule has 27 heavy (non-hydrogen) atoms. The largest absolute Gasteiger partial charge is 0.496 e. The predicted molar refractivity (Wildman–Crippen MR) is 103 cm³/mol. The summed E-state index contributed by atoms with van der Waals surface area (Å²) in [6, 6.07) is 9.63. The molecule has 1 N–H and O–H groups in total. The van der Waals surface area contributed by atoms with Gasteiger partial charge in [0.05, 0.1) is 30.3 Å². The summed E-state index contributed by atoms with van der Waals surface area (Å²) >= 11 is 0. The minimum absolute atomic E-state index is 0.00379. The van der Waals surface area contributed by atoms with E-state index in [0.717, 1.165) is 34.6 Å². The Labute approximate surface area is 157 Å². The van der Waals surface area contributed by atoms with E-state index in [4.69, 9.17) is 4.74 Å². The van der Waals surface area contributed by atoms with Crippen LogP contribution in [0.4, 0.5) is 0 Å². The molecule has 3 aromatic rings. The number of nitrogens with zero attached hydrogens (tertiary/aromatic N) is 4. The maximum Gasteiger partial charge on any atom is 0.255 e. The molecule has 3 heterocycles. The first kappa shape index (κ1) is 17.5. The zero-order valence-electron chi connectivity index (χ0n) is 15.8. The maximum absolute atomic E-state index is 13.6. The highest BCUT2D eigenvalue weighted by Gasteiger charge is 2.31. The lowest BCUT2D eigenvalue weighted by molar-refractivity contribution is 0.0633. The second-order valence-electron chi connectivity index (χ2n) is 6.78. The van der Waals surface area contributed by atoms with Crippen LogP contribution in [0, 0.1) is 6.92 Å². The van der Waals surface area contributed by atoms with E-state index in [1.165, 1.54) is 0 Å². The van der Waals surface area contributed by atoms with Crippen molar-refractivity contribution in [3.63, 3.8) is 0 Å². The summed E-state index contributed by atoms with van der Waals surface area (Å²) in [7, 11) is 3.50. The minimum Gasteiger partial charge on any atom is -0.496 e. The average Bonchev–Trinajstić information content (AvgIpc) is 3.07. The van der Waals surface area contributed by atoms with Crippen molar-refractivity contribution in [2.75, 3.05) is 26.7 Å². The van der Waals surface area contributed by atoms with Gasteiger partial charge in [-0.15, -0.1) is 0 Å². The van der Waals surface area contributed by atoms with Crippen LogP contribution in [0.2, 0.25) is 0 Å². The van der Waals surface area contributed by atoms with E-state index in [1.807, 2.05) is 49.2 Å². The van der Waals surface area contributed by atoms with Crippen LogP contribution in [-0.4, -0.2) is 52.3 Å². The molecule has 1 saturated heterocycles. The Hall–Kier alpha value is -2.93. The fourth-order valence-corrected chi connectivity index (χ4v) is 3.74. The number of aryl methyl sites for hydroxylation is 2. The first-order chi connectivity index (χ1) is 13.1. The van der Waals surface area contributed by atoms with Crippen molar-refractivity contribution in [3.05, 3.63) is 53.3 Å². The Morgan fingerprint density at radius 3 is 2.96 bits per heavy atom. The third kappa shape index (κ3) is 3.04. The first-order valence-corrected chi connectivity index (χ1v) is 9.04. The number of carbonyl (C=O) groups is 1. The Bertz CT molecular complexity index is 997. The molecule has 1 aliphatic rings. The van der Waals surface area contributed by atoms with Gasteiger partial charge < -0.3 is 15.0 Å². The highest BCUT2D eigenvalue weighted by Crippen LogP contribution is 2.32. The van der Waals surface area contributed by atoms with E-state index in [-0.39, 0.29) is 11.9 Å². The molecule has 140 valence electrons. The number of hydrogen-bond donors (Lipinski definition) is 1. The summed E-state index contributed by atoms with van der Waals surface area (Å²) in [4.78, 5) is 20.0. The normalized spacial score (nSPS) is 17.3. The number of para-hydroxylation sites is 1. The van der Waals surface area contributed by atoms with Gasteiger partial charge in [0.2, 0.25) is 0 Å². The summed E-state index contributed by atoms with van der Waals surface area (Å²) in [6.45, 7) is 3.98. The summed E-state index contributed by atoms with van der Waals surface area (Å²) in [6.07, 6.45) is 1.72. The number of nitrogens with one attached hydrogen (secondary N) is 1. The number of pyridine rings is 1. The average molecular weight is 365 g/mol. The number of rotatable bonds is 3. The van der Waals surface area contributed by atoms with E-state index in [1.54, 1.807) is 18.0 Å². The van der Waals surface area contributed by atoms with Crippen LogP contribution in [0.25, 0.3) is 11.0 Å². The van der Waals surface area contributed by atoms with Gasteiger partial charge in [-0.1, -0.05) is 18.2 Å². The van der Waals surface area contributed by atoms with Crippen molar-refractivity contribution in [1.82, 2.24) is 25.0 Å². The van der Waals surface area contributed by atoms with E-state index >= 15 is 0 Å². The van der Waals surface area contributed by atoms with Crippen LogP contribution < -0.4 is 10.1 Å². The SMILES string of the molecule is COc1ccccc1C1CNCCN1C(=O)c1cc(C)nc2c1cnn2C. The molecule has 0 aliphatic carbocycles. The maximum atomic E-state index is 13.6. The molecule has 0 saturated carbocycles. The van der Waals surface area contributed by atoms with Crippen LogP contribution in [0.5, 0.6) is 5.75 Å². The van der Waals surface area contributed by atoms with Crippen molar-refractivity contribution in [2.24, 2.45) is 7.05 Å². The summed E-state index contributed by atoms with van der Waals surface area (Å²) in [5.74, 6) is 0.789. The fourth-order valence-electron chi connectivity index (χ4n) is 3.74. The number of methoxy groups -OCH3 is 1. The zero-order chi connectivity index (χ0) is 19.0. The number of piperazine rings is 1. The quantitative estimate of drug-likeness (QED) is 0.769. The fraction of sp³-hybridized carbons (Fsp3) is 0.350. The number of aromatic nitrogens is 3. The molecule has 7 nitrogen and oxygen atoms in total. The molecule has 1 amide bonds. The zero-order valence-corrected chi connectivity index (χ0v) is 15.8. The molecule has 0 spiro atoms. The lowest BCUT2D eigenvalue weighted by Gasteiger charge is -2.37. The second-order valence-corrected chi connectivity index (χ2v) is 6.78. The van der Waals surface area contributed by atoms with E-state index in [0.29, 0.717) is 18.7 Å². The molecule has 7 heteroatoms. The van der Waals surface area contributed by atoms with Crippen molar-refractivity contribution in [3.8, 4) is 5.75 Å². The number of fused-ring (bicyclic) bond motifs is 1. The standard InChI is InChI=1S/C20H23N5O2/c1-13-10-15(16-11-22-24(2)19(16)23-13)20(26)25-9-8-21-12-17(25)14-6-4-5-7-18(14)27-3/h4-7,10-11,17,21H,8-9,12H2,1-3H3. The van der Waals surface area contributed by atoms with Gasteiger partial charge in [0, 0.05) is 37.9 Å². The Balaban J connectivity index is 1.78. The van der Waals surface area contributed by atoms with Gasteiger partial charge in [-0.2, -0.15) is 5.10 Å². The molecule has 1 fully saturated rings. The molecule has 0 bridgehead atoms. The third-order valence-electron chi connectivity index (χ3n) is 5.07. The monoisotopic (exact) mass is 365 g/mol. The lowest BCUT2D eigenvalue weighted by atomic mass is 10.00. The van der Waals surface area contributed by atoms with Gasteiger partial charge in [0.25, 0.3) is 5.91 Å². The van der Waals surface area contributed by atoms with E-state index in [2.05, 4.69) is 15.4 Å². The first-order valence-electron chi connectivity index (χ1n) is 9.04. The molecule has 1 aliphatic heterocycles. The van der Waals surface area contributed by atoms with Gasteiger partial charge >= 0.3 is 0 Å². The molecular weight excluding hydrogens is 342 g/mol. The lowest BCUT2D eigenvalue weighted by Crippen LogP contribution is -2.48. The van der Waals surface area contributed by atoms with Crippen LogP contribution in [0.1, 0.15) is 27.7 Å². The van der Waals surface area contributed by atoms with Crippen molar-refractivity contribution < 1.29 is 9.53 Å². The number of benzene rings is 1. The van der Waals surface area contributed by atoms with Gasteiger partial charge in [-0.05, 0) is 19.1 Å². The van der Waals surface area contributed by atoms with Crippen molar-refractivity contribution in [2.45, 2.75) is 13.0 Å². The van der Waals surface area contributed by atoms with Crippen LogP contribution in [0.15, 0.2) is 36.5 Å². The van der Waals surface area contributed by atoms with Gasteiger partial charge in [-0.25, -0.2) is 4.98 Å². The van der Waals surface area contributed by atoms with Crippen LogP contribution >= 0.6 is 0 Å². The number of carbonyl (C=O) groups excluding carboxylic acids is 1. The summed E-state index contributed by atoms with van der Waals surface area (Å²) < 4.78 is 7.24. The summed E-state index contributed by atoms with van der Waals surface area (Å²) in [5, 5.41) is 8.46. The topological polar surface area (TPSA) is 72.3 Å². The molecule has 2 aromatic heterocycles. The van der Waals surface area contributed by atoms with Gasteiger partial charge in [0.15, 0.2) is 5.65 Å². The molecule has 0 radical (unpaired) electrons. The van der Waals surface area contributed by atoms with Crippen molar-refractivity contribution in [1.29, 1.82) is 0 Å². The van der Waals surface area contributed by atoms with Crippen LogP contribution in [-0.2, 0) is 7.05 Å². The summed E-state index contributed by atoms with van der Waals surface area (Å²) in [5.41, 5.74) is 3.18. The smallest absolute Gasteiger partial charge is 0.255 e. The van der Waals surface area contributed by atoms with Crippen molar-refractivity contribution >= 4 is 16.9 Å². The van der Waals surface area contributed by atoms with E-state index < -0.39 is 0 Å². The minimum atomic E-state index is -0.0948. The molecule has 1 unspecified atom stereocenters. The molecule has 4 rings (SSSR count). The Morgan fingerprint density at radius 1 is 1.33 bits per heavy atom. The molecule has 1 aromatic carbocycles. The van der Waals surface area contributed by atoms with E-state index in [9.17, 15) is 4.79 Å². The van der Waals surface area contributed by atoms with Crippen LogP contribution in [0.3, 0.4) is 0 Å². The molecule has 1 atom stereocenters. The number of amides is 1. The van der Waals surface area contributed by atoms with Gasteiger partial charge in [0.1, 0.15) is 5.75 Å². The second kappa shape index (κ2) is 7.00. The molecular formula is C20H23N5O2. The Morgan fingerprint density at radius 2 is 2.15 bits per heavy atom. The third-order valence-corrected chi connectivity index (χ3v) is 5.07. The Kier molecular flexibility index (Phi) is 4.53.